The molecule has 2 atom stereocenters. The zero-order valence-corrected chi connectivity index (χ0v) is 23.8. The third-order valence-corrected chi connectivity index (χ3v) is 6.80. The maximum atomic E-state index is 6.33. The Morgan fingerprint density at radius 1 is 0.585 bits per heavy atom. The summed E-state index contributed by atoms with van der Waals surface area (Å²) < 4.78 is 42.6. The monoisotopic (exact) mass is 562 g/mol. The lowest BCUT2D eigenvalue weighted by Crippen LogP contribution is -2.44. The molecule has 0 spiro atoms. The summed E-state index contributed by atoms with van der Waals surface area (Å²) in [5, 5.41) is 2.03. The number of para-hydroxylation sites is 2. The highest BCUT2D eigenvalue weighted by molar-refractivity contribution is 5.84. The predicted octanol–water partition coefficient (Wildman–Crippen LogP) is 4.85. The highest BCUT2D eigenvalue weighted by Crippen LogP contribution is 2.26. The molecule has 1 saturated heterocycles. The van der Waals surface area contributed by atoms with Crippen LogP contribution < -0.4 is 9.47 Å². The Hall–Kier alpha value is -3.34. The molecule has 0 N–H and O–H groups in total. The van der Waals surface area contributed by atoms with Gasteiger partial charge in [0, 0.05) is 23.2 Å². The molecule has 5 rings (SSSR count). The normalized spacial score (nSPS) is 23.5. The van der Waals surface area contributed by atoms with Gasteiger partial charge in [0.15, 0.2) is 0 Å². The first kappa shape index (κ1) is 29.2. The number of rotatable bonds is 6. The molecule has 9 heteroatoms. The van der Waals surface area contributed by atoms with Crippen molar-refractivity contribution in [2.75, 3.05) is 66.1 Å². The molecule has 2 aromatic carbocycles. The fourth-order valence-electron chi connectivity index (χ4n) is 4.59. The van der Waals surface area contributed by atoms with Crippen molar-refractivity contribution in [3.05, 3.63) is 73.1 Å². The van der Waals surface area contributed by atoms with Gasteiger partial charge in [0.05, 0.1) is 52.9 Å². The molecule has 9 nitrogen and oxygen atoms in total. The van der Waals surface area contributed by atoms with Crippen molar-refractivity contribution >= 4 is 21.8 Å². The summed E-state index contributed by atoms with van der Waals surface area (Å²) >= 11 is 0. The molecule has 218 valence electrons. The van der Waals surface area contributed by atoms with Gasteiger partial charge >= 0.3 is 0 Å². The van der Waals surface area contributed by atoms with E-state index in [1.807, 2.05) is 74.5 Å². The summed E-state index contributed by atoms with van der Waals surface area (Å²) in [7, 11) is 0. The number of ether oxygens (including phenoxy) is 7. The Balaban J connectivity index is 1.23. The van der Waals surface area contributed by atoms with Gasteiger partial charge in [0.2, 0.25) is 0 Å². The van der Waals surface area contributed by atoms with E-state index >= 15 is 0 Å². The molecule has 4 aromatic rings. The molecule has 1 aliphatic heterocycles. The second-order valence-corrected chi connectivity index (χ2v) is 10.6. The van der Waals surface area contributed by atoms with Crippen LogP contribution in [0.2, 0.25) is 0 Å². The number of hydrogen-bond acceptors (Lipinski definition) is 9. The zero-order chi connectivity index (χ0) is 28.4. The van der Waals surface area contributed by atoms with E-state index in [-0.39, 0.29) is 13.2 Å². The quantitative estimate of drug-likeness (QED) is 0.327. The minimum absolute atomic E-state index is 0.279. The Kier molecular flexibility index (Phi) is 9.97. The second-order valence-electron chi connectivity index (χ2n) is 10.6. The third-order valence-electron chi connectivity index (χ3n) is 6.80. The fourth-order valence-corrected chi connectivity index (χ4v) is 4.59. The minimum atomic E-state index is -0.724. The van der Waals surface area contributed by atoms with E-state index in [0.717, 1.165) is 21.8 Å². The number of aromatic nitrogens is 2. The molecule has 1 aliphatic rings. The van der Waals surface area contributed by atoms with Gasteiger partial charge in [-0.1, -0.05) is 36.4 Å². The minimum Gasteiger partial charge on any atom is -0.488 e. The van der Waals surface area contributed by atoms with Gasteiger partial charge < -0.3 is 33.2 Å². The van der Waals surface area contributed by atoms with Gasteiger partial charge in [-0.15, -0.1) is 0 Å². The maximum absolute atomic E-state index is 6.33. The van der Waals surface area contributed by atoms with Crippen LogP contribution >= 0.6 is 0 Å². The molecule has 0 unspecified atom stereocenters. The molecular weight excluding hydrogens is 524 g/mol. The van der Waals surface area contributed by atoms with E-state index in [1.165, 1.54) is 0 Å². The standard InChI is InChI=1S/C32H38N2O7/c1-31(23-38-27-11-3-7-25-9-5-13-33-29(25)27)21-36-17-15-35-16-18-37-22-32(2,41-20-19-40-31)24-39-28-12-4-8-26-10-6-14-34-30(26)28/h3-14H,15-24H2,1-2H3/t31-,32+. The van der Waals surface area contributed by atoms with Crippen molar-refractivity contribution in [3.8, 4) is 11.5 Å². The molecule has 0 radical (unpaired) electrons. The van der Waals surface area contributed by atoms with Crippen LogP contribution in [0.15, 0.2) is 73.1 Å². The summed E-state index contributed by atoms with van der Waals surface area (Å²) in [5.41, 5.74) is 0.174. The van der Waals surface area contributed by atoms with Crippen molar-refractivity contribution in [3.63, 3.8) is 0 Å². The molecule has 0 amide bonds. The van der Waals surface area contributed by atoms with Crippen LogP contribution in [0, 0.1) is 0 Å². The van der Waals surface area contributed by atoms with E-state index in [4.69, 9.17) is 33.2 Å². The Bertz CT molecular complexity index is 1290. The maximum Gasteiger partial charge on any atom is 0.145 e. The SMILES string of the molecule is C[C@@]1(COc2cccc3cccnc23)COCCOCCOC[C@](C)(COc2cccc3cccnc23)OCCO1. The fraction of sp³-hybridized carbons (Fsp3) is 0.438. The predicted molar refractivity (Wildman–Crippen MR) is 156 cm³/mol. The van der Waals surface area contributed by atoms with Gasteiger partial charge in [-0.3, -0.25) is 9.97 Å². The highest BCUT2D eigenvalue weighted by atomic mass is 16.6. The lowest BCUT2D eigenvalue weighted by molar-refractivity contribution is -0.149. The van der Waals surface area contributed by atoms with Crippen LogP contribution in [0.4, 0.5) is 0 Å². The van der Waals surface area contributed by atoms with Crippen molar-refractivity contribution in [1.29, 1.82) is 0 Å². The van der Waals surface area contributed by atoms with E-state index < -0.39 is 11.2 Å². The number of hydrogen-bond donors (Lipinski definition) is 0. The zero-order valence-electron chi connectivity index (χ0n) is 23.8. The van der Waals surface area contributed by atoms with E-state index in [0.29, 0.717) is 64.4 Å². The Morgan fingerprint density at radius 2 is 1.02 bits per heavy atom. The summed E-state index contributed by atoms with van der Waals surface area (Å²) in [6.07, 6.45) is 3.53. The first-order chi connectivity index (χ1) is 20.0. The Morgan fingerprint density at radius 3 is 1.51 bits per heavy atom. The smallest absolute Gasteiger partial charge is 0.145 e. The first-order valence-corrected chi connectivity index (χ1v) is 14.0. The second kappa shape index (κ2) is 14.0. The van der Waals surface area contributed by atoms with E-state index in [9.17, 15) is 0 Å². The van der Waals surface area contributed by atoms with Crippen LogP contribution in [-0.2, 0) is 23.7 Å². The third kappa shape index (κ3) is 8.12. The average molecular weight is 563 g/mol. The van der Waals surface area contributed by atoms with Crippen molar-refractivity contribution in [2.24, 2.45) is 0 Å². The van der Waals surface area contributed by atoms with Crippen LogP contribution in [0.5, 0.6) is 11.5 Å². The van der Waals surface area contributed by atoms with Gasteiger partial charge in [-0.25, -0.2) is 0 Å². The molecular formula is C32H38N2O7. The summed E-state index contributed by atoms with van der Waals surface area (Å²) in [6.45, 7) is 7.63. The topological polar surface area (TPSA) is 90.4 Å². The number of pyridine rings is 2. The summed E-state index contributed by atoms with van der Waals surface area (Å²) in [6, 6.07) is 19.6. The molecule has 41 heavy (non-hydrogen) atoms. The van der Waals surface area contributed by atoms with Gasteiger partial charge in [0.1, 0.15) is 46.9 Å². The average Bonchev–Trinajstić information content (AvgIpc) is 3.01. The molecule has 1 fully saturated rings. The number of nitrogens with zero attached hydrogens (tertiary/aromatic N) is 2. The van der Waals surface area contributed by atoms with Crippen LogP contribution in [0.1, 0.15) is 13.8 Å². The van der Waals surface area contributed by atoms with Gasteiger partial charge in [-0.05, 0) is 38.1 Å². The van der Waals surface area contributed by atoms with Crippen molar-refractivity contribution in [1.82, 2.24) is 9.97 Å². The van der Waals surface area contributed by atoms with Gasteiger partial charge in [-0.2, -0.15) is 0 Å². The van der Waals surface area contributed by atoms with Crippen LogP contribution in [0.25, 0.3) is 21.8 Å². The summed E-state index contributed by atoms with van der Waals surface area (Å²) in [5.74, 6) is 1.40. The number of benzene rings is 2. The van der Waals surface area contributed by atoms with Crippen LogP contribution in [0.3, 0.4) is 0 Å². The molecule has 0 saturated carbocycles. The molecule has 3 heterocycles. The Labute approximate surface area is 240 Å². The van der Waals surface area contributed by atoms with Gasteiger partial charge in [0.25, 0.3) is 0 Å². The summed E-state index contributed by atoms with van der Waals surface area (Å²) in [4.78, 5) is 8.98. The largest absolute Gasteiger partial charge is 0.488 e. The number of fused-ring (bicyclic) bond motifs is 2. The molecule has 0 aliphatic carbocycles. The lowest BCUT2D eigenvalue weighted by atomic mass is 10.1. The highest BCUT2D eigenvalue weighted by Gasteiger charge is 2.30. The molecule has 0 bridgehead atoms. The van der Waals surface area contributed by atoms with Crippen molar-refractivity contribution in [2.45, 2.75) is 25.0 Å². The van der Waals surface area contributed by atoms with E-state index in [2.05, 4.69) is 9.97 Å². The lowest BCUT2D eigenvalue weighted by Gasteiger charge is -2.32. The van der Waals surface area contributed by atoms with Crippen molar-refractivity contribution < 1.29 is 33.2 Å². The molecule has 2 aromatic heterocycles. The first-order valence-electron chi connectivity index (χ1n) is 14.0. The van der Waals surface area contributed by atoms with Crippen LogP contribution in [-0.4, -0.2) is 87.2 Å². The van der Waals surface area contributed by atoms with E-state index in [1.54, 1.807) is 12.4 Å².